The molecule has 0 aliphatic heterocycles. The largest absolute Gasteiger partial charge is 0.399 e. The highest BCUT2D eigenvalue weighted by Crippen LogP contribution is 2.32. The molecule has 0 fully saturated rings. The van der Waals surface area contributed by atoms with E-state index in [1.165, 1.54) is 0 Å². The lowest BCUT2D eigenvalue weighted by atomic mass is 10.3. The molecule has 2 aromatic rings. The molecule has 114 valence electrons. The summed E-state index contributed by atoms with van der Waals surface area (Å²) in [4.78, 5) is 1.27. The van der Waals surface area contributed by atoms with Crippen LogP contribution in [0.4, 0.5) is 5.69 Å². The van der Waals surface area contributed by atoms with E-state index in [9.17, 15) is 8.42 Å². The second-order valence-corrected chi connectivity index (χ2v) is 10.1. The maximum Gasteiger partial charge on any atom is 0.242 e. The van der Waals surface area contributed by atoms with Gasteiger partial charge in [0.05, 0.1) is 3.79 Å². The van der Waals surface area contributed by atoms with Crippen molar-refractivity contribution in [1.82, 2.24) is 4.72 Å². The van der Waals surface area contributed by atoms with Gasteiger partial charge in [-0.3, -0.25) is 0 Å². The van der Waals surface area contributed by atoms with Crippen molar-refractivity contribution in [2.45, 2.75) is 11.3 Å². The summed E-state index contributed by atoms with van der Waals surface area (Å²) in [6.45, 7) is 0.332. The predicted octanol–water partition coefficient (Wildman–Crippen LogP) is 4.14. The molecule has 1 aromatic heterocycles. The van der Waals surface area contributed by atoms with E-state index in [0.717, 1.165) is 8.66 Å². The normalized spacial score (nSPS) is 11.8. The van der Waals surface area contributed by atoms with Gasteiger partial charge in [0, 0.05) is 26.1 Å². The fourth-order valence-corrected chi connectivity index (χ4v) is 6.83. The van der Waals surface area contributed by atoms with Crippen LogP contribution in [-0.4, -0.2) is 15.0 Å². The van der Waals surface area contributed by atoms with Crippen LogP contribution in [0.2, 0.25) is 0 Å². The zero-order valence-electron chi connectivity index (χ0n) is 10.6. The van der Waals surface area contributed by atoms with Crippen molar-refractivity contribution in [3.63, 3.8) is 0 Å². The molecule has 9 heteroatoms. The van der Waals surface area contributed by atoms with Gasteiger partial charge in [-0.25, -0.2) is 13.1 Å². The molecule has 0 saturated heterocycles. The molecule has 0 amide bonds. The number of nitrogen functional groups attached to an aromatic ring is 1. The number of hydrogen-bond donors (Lipinski definition) is 2. The van der Waals surface area contributed by atoms with Crippen LogP contribution in [0.5, 0.6) is 0 Å². The van der Waals surface area contributed by atoms with Crippen molar-refractivity contribution < 1.29 is 8.42 Å². The summed E-state index contributed by atoms with van der Waals surface area (Å²) in [5.74, 6) is 0. The van der Waals surface area contributed by atoms with Gasteiger partial charge in [0.1, 0.15) is 4.90 Å². The standard InChI is InChI=1S/C12H11Br3N2O2S2/c13-9-5-7(16)6-10(14)12(9)21(18,19)17-4-3-8-1-2-11(15)20-8/h1-2,5-6,17H,3-4,16H2. The third-order valence-corrected chi connectivity index (χ3v) is 7.60. The van der Waals surface area contributed by atoms with Gasteiger partial charge in [0.2, 0.25) is 10.0 Å². The van der Waals surface area contributed by atoms with Crippen LogP contribution in [0, 0.1) is 0 Å². The van der Waals surface area contributed by atoms with E-state index in [0.29, 0.717) is 27.6 Å². The Morgan fingerprint density at radius 1 is 1.14 bits per heavy atom. The molecule has 21 heavy (non-hydrogen) atoms. The summed E-state index contributed by atoms with van der Waals surface area (Å²) in [7, 11) is -3.61. The van der Waals surface area contributed by atoms with E-state index in [-0.39, 0.29) is 4.90 Å². The summed E-state index contributed by atoms with van der Waals surface area (Å²) < 4.78 is 29.2. The first-order valence-electron chi connectivity index (χ1n) is 5.78. The lowest BCUT2D eigenvalue weighted by Crippen LogP contribution is -2.26. The topological polar surface area (TPSA) is 72.2 Å². The van der Waals surface area contributed by atoms with E-state index in [4.69, 9.17) is 5.73 Å². The van der Waals surface area contributed by atoms with Gasteiger partial charge in [-0.05, 0) is 78.5 Å². The van der Waals surface area contributed by atoms with Crippen LogP contribution in [-0.2, 0) is 16.4 Å². The third-order valence-electron chi connectivity index (χ3n) is 2.58. The molecule has 3 N–H and O–H groups in total. The highest BCUT2D eigenvalue weighted by atomic mass is 79.9. The number of thiophene rings is 1. The fourth-order valence-electron chi connectivity index (χ4n) is 1.70. The number of sulfonamides is 1. The van der Waals surface area contributed by atoms with E-state index in [2.05, 4.69) is 52.5 Å². The number of rotatable bonds is 5. The molecule has 0 atom stereocenters. The maximum atomic E-state index is 12.4. The van der Waals surface area contributed by atoms with Crippen molar-refractivity contribution in [2.24, 2.45) is 0 Å². The Bertz CT molecular complexity index is 737. The van der Waals surface area contributed by atoms with Gasteiger partial charge in [-0.1, -0.05) is 0 Å². The first kappa shape index (κ1) is 17.4. The highest BCUT2D eigenvalue weighted by Gasteiger charge is 2.21. The Morgan fingerprint density at radius 3 is 2.29 bits per heavy atom. The average molecular weight is 519 g/mol. The first-order chi connectivity index (χ1) is 9.79. The van der Waals surface area contributed by atoms with Crippen molar-refractivity contribution in [2.75, 3.05) is 12.3 Å². The van der Waals surface area contributed by atoms with Crippen LogP contribution in [0.15, 0.2) is 41.9 Å². The Morgan fingerprint density at radius 2 is 1.76 bits per heavy atom. The van der Waals surface area contributed by atoms with Crippen molar-refractivity contribution in [3.05, 3.63) is 41.9 Å². The SMILES string of the molecule is Nc1cc(Br)c(S(=O)(=O)NCCc2ccc(Br)s2)c(Br)c1. The molecule has 0 bridgehead atoms. The molecule has 0 unspecified atom stereocenters. The first-order valence-corrected chi connectivity index (χ1v) is 10.5. The minimum atomic E-state index is -3.61. The molecule has 1 heterocycles. The van der Waals surface area contributed by atoms with Gasteiger partial charge < -0.3 is 5.73 Å². The Kier molecular flexibility index (Phi) is 5.89. The molecular weight excluding hydrogens is 508 g/mol. The van der Waals surface area contributed by atoms with Crippen LogP contribution in [0.25, 0.3) is 0 Å². The molecule has 0 spiro atoms. The van der Waals surface area contributed by atoms with E-state index in [1.54, 1.807) is 23.5 Å². The van der Waals surface area contributed by atoms with E-state index >= 15 is 0 Å². The minimum Gasteiger partial charge on any atom is -0.399 e. The minimum absolute atomic E-state index is 0.157. The van der Waals surface area contributed by atoms with Crippen LogP contribution in [0.3, 0.4) is 0 Å². The predicted molar refractivity (Wildman–Crippen MR) is 97.2 cm³/mol. The second-order valence-electron chi connectivity index (χ2n) is 4.17. The summed E-state index contributed by atoms with van der Waals surface area (Å²) in [6.07, 6.45) is 0.639. The highest BCUT2D eigenvalue weighted by molar-refractivity contribution is 9.11. The molecule has 4 nitrogen and oxygen atoms in total. The van der Waals surface area contributed by atoms with Gasteiger partial charge in [-0.2, -0.15) is 0 Å². The lowest BCUT2D eigenvalue weighted by Gasteiger charge is -2.11. The molecule has 0 aliphatic rings. The molecular formula is C12H11Br3N2O2S2. The second kappa shape index (κ2) is 7.10. The quantitative estimate of drug-likeness (QED) is 0.584. The number of nitrogens with two attached hydrogens (primary N) is 1. The molecule has 0 saturated carbocycles. The zero-order chi connectivity index (χ0) is 15.6. The monoisotopic (exact) mass is 516 g/mol. The van der Waals surface area contributed by atoms with Crippen molar-refractivity contribution in [1.29, 1.82) is 0 Å². The number of nitrogens with one attached hydrogen (secondary N) is 1. The van der Waals surface area contributed by atoms with Crippen molar-refractivity contribution in [3.8, 4) is 0 Å². The fraction of sp³-hybridized carbons (Fsp3) is 0.167. The summed E-state index contributed by atoms with van der Waals surface area (Å²) in [6, 6.07) is 7.05. The number of hydrogen-bond acceptors (Lipinski definition) is 4. The maximum absolute atomic E-state index is 12.4. The molecule has 1 aromatic carbocycles. The van der Waals surface area contributed by atoms with Crippen LogP contribution in [0.1, 0.15) is 4.88 Å². The smallest absolute Gasteiger partial charge is 0.242 e. The van der Waals surface area contributed by atoms with Gasteiger partial charge in [0.15, 0.2) is 0 Å². The van der Waals surface area contributed by atoms with Crippen molar-refractivity contribution >= 4 is 74.8 Å². The molecule has 0 radical (unpaired) electrons. The van der Waals surface area contributed by atoms with Gasteiger partial charge in [0.25, 0.3) is 0 Å². The van der Waals surface area contributed by atoms with Gasteiger partial charge in [-0.15, -0.1) is 11.3 Å². The Balaban J connectivity index is 2.12. The molecule has 2 rings (SSSR count). The van der Waals surface area contributed by atoms with E-state index in [1.807, 2.05) is 12.1 Å². The van der Waals surface area contributed by atoms with Crippen LogP contribution >= 0.6 is 59.1 Å². The zero-order valence-corrected chi connectivity index (χ0v) is 17.0. The van der Waals surface area contributed by atoms with Crippen LogP contribution < -0.4 is 10.5 Å². The number of halogens is 3. The average Bonchev–Trinajstić information content (AvgIpc) is 2.72. The lowest BCUT2D eigenvalue weighted by molar-refractivity contribution is 0.581. The third kappa shape index (κ3) is 4.52. The summed E-state index contributed by atoms with van der Waals surface area (Å²) >= 11 is 11.5. The number of anilines is 1. The summed E-state index contributed by atoms with van der Waals surface area (Å²) in [5.41, 5.74) is 6.15. The summed E-state index contributed by atoms with van der Waals surface area (Å²) in [5, 5.41) is 0. The Hall–Kier alpha value is 0.0700. The molecule has 0 aliphatic carbocycles. The Labute approximate surface area is 152 Å². The van der Waals surface area contributed by atoms with Gasteiger partial charge >= 0.3 is 0 Å². The van der Waals surface area contributed by atoms with E-state index < -0.39 is 10.0 Å². The number of benzene rings is 1.